The van der Waals surface area contributed by atoms with Crippen LogP contribution in [0.5, 0.6) is 5.75 Å². The number of hydrogen-bond acceptors (Lipinski definition) is 3. The predicted molar refractivity (Wildman–Crippen MR) is 79.7 cm³/mol. The molecule has 4 N–H and O–H groups in total. The Balaban J connectivity index is 1.91. The second kappa shape index (κ2) is 6.47. The molecular formula is C15H17N3O2. The second-order valence-corrected chi connectivity index (χ2v) is 4.25. The lowest BCUT2D eigenvalue weighted by atomic mass is 10.2. The van der Waals surface area contributed by atoms with Crippen LogP contribution in [0.25, 0.3) is 0 Å². The maximum absolute atomic E-state index is 11.8. The number of carbonyl (C=O) groups is 1. The Morgan fingerprint density at radius 1 is 1.20 bits per heavy atom. The van der Waals surface area contributed by atoms with Gasteiger partial charge in [-0.1, -0.05) is 30.3 Å². The number of urea groups is 1. The summed E-state index contributed by atoms with van der Waals surface area (Å²) in [4.78, 5) is 11.8. The van der Waals surface area contributed by atoms with Crippen LogP contribution in [-0.2, 0) is 6.54 Å². The SMILES string of the molecule is COc1ccc(NC(=O)NCc2ccccc2)c(N)c1. The molecule has 0 aliphatic carbocycles. The Hall–Kier alpha value is -2.69. The summed E-state index contributed by atoms with van der Waals surface area (Å²) in [5.41, 5.74) is 7.87. The van der Waals surface area contributed by atoms with E-state index < -0.39 is 0 Å². The average Bonchev–Trinajstić information content (AvgIpc) is 2.48. The van der Waals surface area contributed by atoms with Crippen molar-refractivity contribution in [1.29, 1.82) is 0 Å². The van der Waals surface area contributed by atoms with E-state index in [1.54, 1.807) is 25.3 Å². The zero-order valence-corrected chi connectivity index (χ0v) is 11.2. The highest BCUT2D eigenvalue weighted by Crippen LogP contribution is 2.23. The van der Waals surface area contributed by atoms with Crippen LogP contribution < -0.4 is 21.1 Å². The van der Waals surface area contributed by atoms with Crippen molar-refractivity contribution in [2.45, 2.75) is 6.54 Å². The zero-order valence-electron chi connectivity index (χ0n) is 11.2. The number of anilines is 2. The fraction of sp³-hybridized carbons (Fsp3) is 0.133. The molecule has 0 fully saturated rings. The Kier molecular flexibility index (Phi) is 4.44. The Morgan fingerprint density at radius 3 is 2.60 bits per heavy atom. The normalized spacial score (nSPS) is 9.85. The van der Waals surface area contributed by atoms with Crippen LogP contribution in [0, 0.1) is 0 Å². The number of amides is 2. The van der Waals surface area contributed by atoms with Crippen molar-refractivity contribution >= 4 is 17.4 Å². The minimum atomic E-state index is -0.300. The van der Waals surface area contributed by atoms with Crippen molar-refractivity contribution in [2.24, 2.45) is 0 Å². The van der Waals surface area contributed by atoms with Gasteiger partial charge in [-0.05, 0) is 17.7 Å². The van der Waals surface area contributed by atoms with E-state index in [-0.39, 0.29) is 6.03 Å². The van der Waals surface area contributed by atoms with E-state index >= 15 is 0 Å². The van der Waals surface area contributed by atoms with E-state index in [2.05, 4.69) is 10.6 Å². The molecule has 0 aliphatic rings. The monoisotopic (exact) mass is 271 g/mol. The van der Waals surface area contributed by atoms with Crippen LogP contribution in [0.2, 0.25) is 0 Å². The van der Waals surface area contributed by atoms with Gasteiger partial charge in [0.25, 0.3) is 0 Å². The number of nitrogen functional groups attached to an aromatic ring is 1. The van der Waals surface area contributed by atoms with E-state index in [1.165, 1.54) is 0 Å². The first kappa shape index (κ1) is 13.7. The molecule has 0 unspecified atom stereocenters. The molecule has 0 radical (unpaired) electrons. The van der Waals surface area contributed by atoms with Gasteiger partial charge < -0.3 is 21.1 Å². The Bertz CT molecular complexity index is 585. The molecule has 104 valence electrons. The molecule has 2 aromatic carbocycles. The molecule has 20 heavy (non-hydrogen) atoms. The van der Waals surface area contributed by atoms with Gasteiger partial charge in [0, 0.05) is 12.6 Å². The highest BCUT2D eigenvalue weighted by atomic mass is 16.5. The molecule has 0 spiro atoms. The maximum atomic E-state index is 11.8. The van der Waals surface area contributed by atoms with Crippen LogP contribution in [0.4, 0.5) is 16.2 Å². The smallest absolute Gasteiger partial charge is 0.319 e. The van der Waals surface area contributed by atoms with Gasteiger partial charge in [0.05, 0.1) is 18.5 Å². The number of methoxy groups -OCH3 is 1. The first-order chi connectivity index (χ1) is 9.69. The number of ether oxygens (including phenoxy) is 1. The number of carbonyl (C=O) groups excluding carboxylic acids is 1. The minimum Gasteiger partial charge on any atom is -0.497 e. The van der Waals surface area contributed by atoms with E-state index in [4.69, 9.17) is 10.5 Å². The molecule has 5 nitrogen and oxygen atoms in total. The molecular weight excluding hydrogens is 254 g/mol. The standard InChI is InChI=1S/C15H17N3O2/c1-20-12-7-8-14(13(16)9-12)18-15(19)17-10-11-5-3-2-4-6-11/h2-9H,10,16H2,1H3,(H2,17,18,19). The summed E-state index contributed by atoms with van der Waals surface area (Å²) in [6.07, 6.45) is 0. The van der Waals surface area contributed by atoms with Crippen LogP contribution >= 0.6 is 0 Å². The van der Waals surface area contributed by atoms with Gasteiger partial charge in [0.2, 0.25) is 0 Å². The van der Waals surface area contributed by atoms with Crippen LogP contribution in [-0.4, -0.2) is 13.1 Å². The van der Waals surface area contributed by atoms with Crippen molar-refractivity contribution in [2.75, 3.05) is 18.2 Å². The second-order valence-electron chi connectivity index (χ2n) is 4.25. The molecule has 5 heteroatoms. The van der Waals surface area contributed by atoms with Crippen molar-refractivity contribution in [3.63, 3.8) is 0 Å². The van der Waals surface area contributed by atoms with Gasteiger partial charge in [-0.3, -0.25) is 0 Å². The average molecular weight is 271 g/mol. The van der Waals surface area contributed by atoms with Gasteiger partial charge in [-0.2, -0.15) is 0 Å². The fourth-order valence-corrected chi connectivity index (χ4v) is 1.73. The number of hydrogen-bond donors (Lipinski definition) is 3. The molecule has 2 amide bonds. The minimum absolute atomic E-state index is 0.300. The van der Waals surface area contributed by atoms with E-state index in [9.17, 15) is 4.79 Å². The van der Waals surface area contributed by atoms with Gasteiger partial charge in [0.1, 0.15) is 5.75 Å². The molecule has 0 heterocycles. The quantitative estimate of drug-likeness (QED) is 0.748. The van der Waals surface area contributed by atoms with Crippen molar-refractivity contribution in [1.82, 2.24) is 5.32 Å². The molecule has 0 saturated carbocycles. The predicted octanol–water partition coefficient (Wildman–Crippen LogP) is 2.60. The van der Waals surface area contributed by atoms with Gasteiger partial charge in [-0.25, -0.2) is 4.79 Å². The zero-order chi connectivity index (χ0) is 14.4. The van der Waals surface area contributed by atoms with Crippen molar-refractivity contribution < 1.29 is 9.53 Å². The lowest BCUT2D eigenvalue weighted by molar-refractivity contribution is 0.251. The fourth-order valence-electron chi connectivity index (χ4n) is 1.73. The van der Waals surface area contributed by atoms with E-state index in [0.29, 0.717) is 23.7 Å². The summed E-state index contributed by atoms with van der Waals surface area (Å²) in [6.45, 7) is 0.461. The lowest BCUT2D eigenvalue weighted by Gasteiger charge is -2.10. The summed E-state index contributed by atoms with van der Waals surface area (Å²) in [7, 11) is 1.56. The highest BCUT2D eigenvalue weighted by Gasteiger charge is 2.05. The Morgan fingerprint density at radius 2 is 1.95 bits per heavy atom. The van der Waals surface area contributed by atoms with E-state index in [1.807, 2.05) is 30.3 Å². The molecule has 0 atom stereocenters. The summed E-state index contributed by atoms with van der Waals surface area (Å²) < 4.78 is 5.05. The number of rotatable bonds is 4. The Labute approximate surface area is 117 Å². The molecule has 2 rings (SSSR count). The van der Waals surface area contributed by atoms with Crippen molar-refractivity contribution in [3.05, 3.63) is 54.1 Å². The van der Waals surface area contributed by atoms with Gasteiger partial charge >= 0.3 is 6.03 Å². The summed E-state index contributed by atoms with van der Waals surface area (Å²) in [5, 5.41) is 5.47. The number of nitrogens with two attached hydrogens (primary N) is 1. The van der Waals surface area contributed by atoms with E-state index in [0.717, 1.165) is 5.56 Å². The molecule has 0 saturated heterocycles. The summed E-state index contributed by atoms with van der Waals surface area (Å²) >= 11 is 0. The molecule has 0 aliphatic heterocycles. The van der Waals surface area contributed by atoms with Crippen LogP contribution in [0.1, 0.15) is 5.56 Å². The summed E-state index contributed by atoms with van der Waals surface area (Å²) in [5.74, 6) is 0.651. The third-order valence-corrected chi connectivity index (χ3v) is 2.80. The number of nitrogens with one attached hydrogen (secondary N) is 2. The molecule has 2 aromatic rings. The summed E-state index contributed by atoms with van der Waals surface area (Å²) in [6, 6.07) is 14.5. The topological polar surface area (TPSA) is 76.4 Å². The largest absolute Gasteiger partial charge is 0.497 e. The lowest BCUT2D eigenvalue weighted by Crippen LogP contribution is -2.28. The first-order valence-electron chi connectivity index (χ1n) is 6.21. The highest BCUT2D eigenvalue weighted by molar-refractivity contribution is 5.92. The third-order valence-electron chi connectivity index (χ3n) is 2.80. The van der Waals surface area contributed by atoms with Gasteiger partial charge in [0.15, 0.2) is 0 Å². The van der Waals surface area contributed by atoms with Crippen LogP contribution in [0.3, 0.4) is 0 Å². The molecule has 0 bridgehead atoms. The third kappa shape index (κ3) is 3.65. The van der Waals surface area contributed by atoms with Crippen LogP contribution in [0.15, 0.2) is 48.5 Å². The first-order valence-corrected chi connectivity index (χ1v) is 6.21. The number of benzene rings is 2. The van der Waals surface area contributed by atoms with Crippen molar-refractivity contribution in [3.8, 4) is 5.75 Å². The maximum Gasteiger partial charge on any atom is 0.319 e. The van der Waals surface area contributed by atoms with Gasteiger partial charge in [-0.15, -0.1) is 0 Å². The molecule has 0 aromatic heterocycles.